The average molecular weight is 315 g/mol. The van der Waals surface area contributed by atoms with Crippen molar-refractivity contribution in [2.45, 2.75) is 25.4 Å². The smallest absolute Gasteiger partial charge is 0.285 e. The number of benzene rings is 2. The van der Waals surface area contributed by atoms with Gasteiger partial charge in [-0.25, -0.2) is 4.99 Å². The molecule has 1 N–H and O–H groups in total. The topological polar surface area (TPSA) is 33.6 Å². The fraction of sp³-hybridized carbons (Fsp3) is 0.278. The summed E-state index contributed by atoms with van der Waals surface area (Å²) in [7, 11) is 0. The lowest BCUT2D eigenvalue weighted by Crippen LogP contribution is -2.30. The molecule has 22 heavy (non-hydrogen) atoms. The highest BCUT2D eigenvalue weighted by molar-refractivity contribution is 6.30. The van der Waals surface area contributed by atoms with Crippen molar-refractivity contribution < 1.29 is 4.74 Å². The molecule has 1 aliphatic rings. The summed E-state index contributed by atoms with van der Waals surface area (Å²) in [5.41, 5.74) is 2.38. The molecule has 3 rings (SSSR count). The summed E-state index contributed by atoms with van der Waals surface area (Å²) in [5, 5.41) is 4.17. The quantitative estimate of drug-likeness (QED) is 0.926. The largest absolute Gasteiger partial charge is 0.463 e. The number of ether oxygens (including phenoxy) is 1. The number of hydrogen-bond donors (Lipinski definition) is 1. The Morgan fingerprint density at radius 2 is 2.05 bits per heavy atom. The first-order valence-corrected chi connectivity index (χ1v) is 7.85. The van der Waals surface area contributed by atoms with Crippen LogP contribution in [0.1, 0.15) is 24.1 Å². The molecule has 2 aromatic rings. The summed E-state index contributed by atoms with van der Waals surface area (Å²) >= 11 is 6.09. The molecule has 0 spiro atoms. The Kier molecular flexibility index (Phi) is 4.64. The Bertz CT molecular complexity index is 657. The van der Waals surface area contributed by atoms with Gasteiger partial charge in [-0.1, -0.05) is 54.1 Å². The van der Waals surface area contributed by atoms with Gasteiger partial charge in [0.15, 0.2) is 0 Å². The maximum absolute atomic E-state index is 6.09. The molecular weight excluding hydrogens is 296 g/mol. The molecule has 3 nitrogen and oxygen atoms in total. The minimum Gasteiger partial charge on any atom is -0.463 e. The van der Waals surface area contributed by atoms with E-state index in [0.717, 1.165) is 11.4 Å². The lowest BCUT2D eigenvalue weighted by Gasteiger charge is -2.20. The molecule has 114 valence electrons. The predicted octanol–water partition coefficient (Wildman–Crippen LogP) is 3.99. The van der Waals surface area contributed by atoms with Crippen molar-refractivity contribution in [3.05, 3.63) is 70.7 Å². The van der Waals surface area contributed by atoms with E-state index in [1.165, 1.54) is 11.1 Å². The molecule has 1 heterocycles. The van der Waals surface area contributed by atoms with Gasteiger partial charge in [-0.15, -0.1) is 0 Å². The van der Waals surface area contributed by atoms with E-state index < -0.39 is 0 Å². The van der Waals surface area contributed by atoms with Crippen LogP contribution in [0.2, 0.25) is 5.02 Å². The van der Waals surface area contributed by atoms with Gasteiger partial charge in [-0.3, -0.25) is 0 Å². The summed E-state index contributed by atoms with van der Waals surface area (Å²) in [6, 6.07) is 19.2. The van der Waals surface area contributed by atoms with Crippen LogP contribution < -0.4 is 5.32 Å². The van der Waals surface area contributed by atoms with Crippen LogP contribution in [-0.2, 0) is 11.2 Å². The Balaban J connectivity index is 1.81. The van der Waals surface area contributed by atoms with E-state index in [1.807, 2.05) is 43.3 Å². The molecule has 4 heteroatoms. The third kappa shape index (κ3) is 3.80. The van der Waals surface area contributed by atoms with E-state index in [1.54, 1.807) is 0 Å². The Morgan fingerprint density at radius 3 is 2.73 bits per heavy atom. The van der Waals surface area contributed by atoms with Crippen LogP contribution in [0.4, 0.5) is 0 Å². The van der Waals surface area contributed by atoms with Crippen LogP contribution in [0.25, 0.3) is 0 Å². The van der Waals surface area contributed by atoms with Crippen molar-refractivity contribution in [3.8, 4) is 0 Å². The molecule has 2 atom stereocenters. The van der Waals surface area contributed by atoms with E-state index in [-0.39, 0.29) is 12.1 Å². The second-order valence-corrected chi connectivity index (χ2v) is 5.97. The average Bonchev–Trinajstić information content (AvgIpc) is 2.93. The van der Waals surface area contributed by atoms with Gasteiger partial charge in [-0.2, -0.15) is 0 Å². The Morgan fingerprint density at radius 1 is 1.23 bits per heavy atom. The van der Waals surface area contributed by atoms with Crippen molar-refractivity contribution in [3.63, 3.8) is 0 Å². The minimum atomic E-state index is 0.101. The summed E-state index contributed by atoms with van der Waals surface area (Å²) in [6.07, 6.45) is 0.821. The molecule has 0 aromatic heterocycles. The zero-order chi connectivity index (χ0) is 15.4. The zero-order valence-corrected chi connectivity index (χ0v) is 13.3. The molecule has 0 saturated carbocycles. The third-order valence-corrected chi connectivity index (χ3v) is 3.86. The third-order valence-electron chi connectivity index (χ3n) is 3.63. The number of halogens is 1. The highest BCUT2D eigenvalue weighted by Gasteiger charge is 2.19. The van der Waals surface area contributed by atoms with Gasteiger partial charge >= 0.3 is 0 Å². The van der Waals surface area contributed by atoms with Gasteiger partial charge in [-0.05, 0) is 36.6 Å². The summed E-state index contributed by atoms with van der Waals surface area (Å²) in [6.45, 7) is 2.68. The molecular formula is C18H19ClN2O. The molecule has 2 aromatic carbocycles. The number of amidine groups is 1. The normalized spacial score (nSPS) is 18.5. The first kappa shape index (κ1) is 14.9. The van der Waals surface area contributed by atoms with Gasteiger partial charge in [0.2, 0.25) is 0 Å². The van der Waals surface area contributed by atoms with Crippen LogP contribution >= 0.6 is 11.6 Å². The van der Waals surface area contributed by atoms with Crippen molar-refractivity contribution >= 4 is 17.6 Å². The lowest BCUT2D eigenvalue weighted by molar-refractivity contribution is 0.305. The van der Waals surface area contributed by atoms with Crippen LogP contribution in [0, 0.1) is 0 Å². The molecule has 0 radical (unpaired) electrons. The van der Waals surface area contributed by atoms with Crippen LogP contribution in [0.3, 0.4) is 0 Å². The second-order valence-electron chi connectivity index (χ2n) is 5.54. The van der Waals surface area contributed by atoms with Gasteiger partial charge in [0.1, 0.15) is 6.61 Å². The number of aliphatic imine (C=N–C) groups is 1. The monoisotopic (exact) mass is 314 g/mol. The van der Waals surface area contributed by atoms with E-state index in [2.05, 4.69) is 28.5 Å². The minimum absolute atomic E-state index is 0.101. The van der Waals surface area contributed by atoms with E-state index in [9.17, 15) is 0 Å². The fourth-order valence-electron chi connectivity index (χ4n) is 2.54. The van der Waals surface area contributed by atoms with E-state index in [0.29, 0.717) is 12.6 Å². The van der Waals surface area contributed by atoms with Gasteiger partial charge < -0.3 is 10.1 Å². The zero-order valence-electron chi connectivity index (χ0n) is 12.5. The summed E-state index contributed by atoms with van der Waals surface area (Å²) in [5.74, 6) is 0. The fourth-order valence-corrected chi connectivity index (χ4v) is 2.75. The van der Waals surface area contributed by atoms with Crippen LogP contribution in [-0.4, -0.2) is 18.7 Å². The molecule has 0 amide bonds. The highest BCUT2D eigenvalue weighted by atomic mass is 35.5. The molecule has 0 bridgehead atoms. The molecule has 2 unspecified atom stereocenters. The molecule has 0 aliphatic carbocycles. The number of nitrogens with one attached hydrogen (secondary N) is 1. The number of nitrogens with zero attached hydrogens (tertiary/aromatic N) is 1. The van der Waals surface area contributed by atoms with E-state index in [4.69, 9.17) is 16.3 Å². The number of rotatable bonds is 4. The number of hydrogen-bond acceptors (Lipinski definition) is 3. The maximum atomic E-state index is 6.09. The van der Waals surface area contributed by atoms with Crippen LogP contribution in [0.5, 0.6) is 0 Å². The lowest BCUT2D eigenvalue weighted by atomic mass is 9.99. The first-order chi connectivity index (χ1) is 10.7. The van der Waals surface area contributed by atoms with Crippen molar-refractivity contribution in [1.29, 1.82) is 0 Å². The Hall–Kier alpha value is -2.00. The van der Waals surface area contributed by atoms with Crippen molar-refractivity contribution in [1.82, 2.24) is 5.32 Å². The van der Waals surface area contributed by atoms with Gasteiger partial charge in [0.05, 0.1) is 12.1 Å². The standard InChI is InChI=1S/C18H19ClN2O/c1-13-12-22-18(20-13)21-17(15-7-3-2-4-8-15)11-14-6-5-9-16(19)10-14/h2-10,13,17H,11-12H2,1H3,(H,20,21). The van der Waals surface area contributed by atoms with Crippen molar-refractivity contribution in [2.75, 3.05) is 6.61 Å². The molecule has 0 saturated heterocycles. The summed E-state index contributed by atoms with van der Waals surface area (Å²) < 4.78 is 5.59. The van der Waals surface area contributed by atoms with Gasteiger partial charge in [0.25, 0.3) is 6.02 Å². The summed E-state index contributed by atoms with van der Waals surface area (Å²) in [4.78, 5) is 4.47. The molecule has 1 aliphatic heterocycles. The Labute approximate surface area is 136 Å². The van der Waals surface area contributed by atoms with Gasteiger partial charge in [0, 0.05) is 5.02 Å². The molecule has 0 fully saturated rings. The van der Waals surface area contributed by atoms with E-state index >= 15 is 0 Å². The highest BCUT2D eigenvalue weighted by Crippen LogP contribution is 2.21. The predicted molar refractivity (Wildman–Crippen MR) is 90.3 cm³/mol. The van der Waals surface area contributed by atoms with Crippen LogP contribution in [0.15, 0.2) is 59.6 Å². The maximum Gasteiger partial charge on any atom is 0.285 e. The second kappa shape index (κ2) is 6.84. The first-order valence-electron chi connectivity index (χ1n) is 7.47. The SMILES string of the molecule is CC1COC(NC(Cc2cccc(Cl)c2)c2ccccc2)=N1. The van der Waals surface area contributed by atoms with Crippen molar-refractivity contribution in [2.24, 2.45) is 4.99 Å².